The van der Waals surface area contributed by atoms with E-state index in [1.165, 1.54) is 0 Å². The molecule has 0 aromatic carbocycles. The lowest BCUT2D eigenvalue weighted by Crippen LogP contribution is -2.53. The molecule has 0 aromatic heterocycles. The summed E-state index contributed by atoms with van der Waals surface area (Å²) in [5.41, 5.74) is -0.447. The molecule has 0 aliphatic carbocycles. The van der Waals surface area contributed by atoms with Crippen LogP contribution in [0.1, 0.15) is 34.6 Å². The Bertz CT molecular complexity index is 564. The zero-order chi connectivity index (χ0) is 22.9. The van der Waals surface area contributed by atoms with E-state index in [1.54, 1.807) is 4.90 Å². The summed E-state index contributed by atoms with van der Waals surface area (Å²) in [6, 6.07) is 0.461. The number of ether oxygens (including phenoxy) is 2. The van der Waals surface area contributed by atoms with Crippen molar-refractivity contribution in [2.45, 2.75) is 46.3 Å². The third-order valence-corrected chi connectivity index (χ3v) is 5.73. The number of nitrogens with one attached hydrogen (secondary N) is 2. The van der Waals surface area contributed by atoms with Gasteiger partial charge in [0.25, 0.3) is 0 Å². The summed E-state index contributed by atoms with van der Waals surface area (Å²) in [7, 11) is 1.81. The molecule has 0 saturated carbocycles. The van der Waals surface area contributed by atoms with Crippen molar-refractivity contribution in [3.05, 3.63) is 0 Å². The van der Waals surface area contributed by atoms with Crippen LogP contribution in [0.4, 0.5) is 4.79 Å². The van der Waals surface area contributed by atoms with Gasteiger partial charge in [0, 0.05) is 72.0 Å². The topological polar surface area (TPSA) is 81.7 Å². The molecule has 9 nitrogen and oxygen atoms in total. The largest absolute Gasteiger partial charge is 0.444 e. The summed E-state index contributed by atoms with van der Waals surface area (Å²) in [6.45, 7) is 19.6. The summed E-state index contributed by atoms with van der Waals surface area (Å²) in [6.07, 6.45) is -0.213. The van der Waals surface area contributed by atoms with E-state index in [9.17, 15) is 4.79 Å². The molecule has 1 unspecified atom stereocenters. The molecule has 0 spiro atoms. The SMILES string of the molecule is CN=C(NCCN1CCN(C(=O)OC(C)(C)C)CC1)NCC(C(C)C)N1CCOCC1. The minimum Gasteiger partial charge on any atom is -0.444 e. The number of guanidine groups is 1. The highest BCUT2D eigenvalue weighted by molar-refractivity contribution is 5.79. The maximum absolute atomic E-state index is 12.2. The van der Waals surface area contributed by atoms with Crippen LogP contribution in [0.25, 0.3) is 0 Å². The van der Waals surface area contributed by atoms with Crippen molar-refractivity contribution in [3.8, 4) is 0 Å². The van der Waals surface area contributed by atoms with Crippen LogP contribution in [0.5, 0.6) is 0 Å². The molecule has 2 heterocycles. The average molecular weight is 441 g/mol. The maximum Gasteiger partial charge on any atom is 0.410 e. The number of hydrogen-bond acceptors (Lipinski definition) is 6. The van der Waals surface area contributed by atoms with Crippen molar-refractivity contribution in [3.63, 3.8) is 0 Å². The van der Waals surface area contributed by atoms with E-state index in [0.717, 1.165) is 65.0 Å². The Morgan fingerprint density at radius 2 is 1.71 bits per heavy atom. The van der Waals surface area contributed by atoms with Crippen LogP contribution >= 0.6 is 0 Å². The molecule has 2 N–H and O–H groups in total. The Morgan fingerprint density at radius 1 is 1.06 bits per heavy atom. The molecule has 2 rings (SSSR count). The summed E-state index contributed by atoms with van der Waals surface area (Å²) < 4.78 is 11.0. The Kier molecular flexibility index (Phi) is 10.3. The van der Waals surface area contributed by atoms with Crippen LogP contribution in [0, 0.1) is 5.92 Å². The third-order valence-electron chi connectivity index (χ3n) is 5.73. The normalized spacial score (nSPS) is 20.6. The van der Waals surface area contributed by atoms with E-state index in [4.69, 9.17) is 9.47 Å². The predicted molar refractivity (Wildman–Crippen MR) is 125 cm³/mol. The first-order valence-electron chi connectivity index (χ1n) is 11.7. The lowest BCUT2D eigenvalue weighted by Gasteiger charge is -2.37. The first-order valence-corrected chi connectivity index (χ1v) is 11.7. The van der Waals surface area contributed by atoms with Crippen LogP contribution in [0.3, 0.4) is 0 Å². The van der Waals surface area contributed by atoms with Gasteiger partial charge in [-0.1, -0.05) is 13.8 Å². The van der Waals surface area contributed by atoms with Gasteiger partial charge in [0.1, 0.15) is 5.60 Å². The molecule has 2 aliphatic rings. The third kappa shape index (κ3) is 9.21. The highest BCUT2D eigenvalue weighted by atomic mass is 16.6. The zero-order valence-electron chi connectivity index (χ0n) is 20.4. The number of carbonyl (C=O) groups is 1. The first-order chi connectivity index (χ1) is 14.7. The fraction of sp³-hybridized carbons (Fsp3) is 0.909. The first kappa shape index (κ1) is 25.7. The number of aliphatic imine (C=N–C) groups is 1. The van der Waals surface area contributed by atoms with Gasteiger partial charge in [0.2, 0.25) is 0 Å². The number of hydrogen-bond donors (Lipinski definition) is 2. The Balaban J connectivity index is 1.67. The standard InChI is InChI=1S/C22H44N6O3/c1-18(2)19(27-13-15-30-16-14-27)17-25-20(23-6)24-7-8-26-9-11-28(12-10-26)21(29)31-22(3,4)5/h18-19H,7-17H2,1-6H3,(H2,23,24,25). The second kappa shape index (κ2) is 12.5. The quantitative estimate of drug-likeness (QED) is 0.453. The van der Waals surface area contributed by atoms with Gasteiger partial charge in [0.15, 0.2) is 5.96 Å². The van der Waals surface area contributed by atoms with Crippen LogP contribution in [0.15, 0.2) is 4.99 Å². The van der Waals surface area contributed by atoms with E-state index in [2.05, 4.69) is 39.3 Å². The molecule has 2 aliphatic heterocycles. The van der Waals surface area contributed by atoms with Crippen LogP contribution in [0.2, 0.25) is 0 Å². The number of amides is 1. The van der Waals surface area contributed by atoms with Gasteiger partial charge >= 0.3 is 6.09 Å². The van der Waals surface area contributed by atoms with Gasteiger partial charge in [-0.25, -0.2) is 4.79 Å². The fourth-order valence-corrected chi connectivity index (χ4v) is 3.93. The van der Waals surface area contributed by atoms with Gasteiger partial charge in [-0.05, 0) is 26.7 Å². The minimum atomic E-state index is -0.447. The molecule has 2 fully saturated rings. The summed E-state index contributed by atoms with van der Waals surface area (Å²) in [4.78, 5) is 23.2. The Morgan fingerprint density at radius 3 is 2.26 bits per heavy atom. The molecular weight excluding hydrogens is 396 g/mol. The summed E-state index contributed by atoms with van der Waals surface area (Å²) >= 11 is 0. The van der Waals surface area contributed by atoms with Gasteiger partial charge in [-0.15, -0.1) is 0 Å². The van der Waals surface area contributed by atoms with Crippen molar-refractivity contribution < 1.29 is 14.3 Å². The number of carbonyl (C=O) groups excluding carboxylic acids is 1. The highest BCUT2D eigenvalue weighted by Gasteiger charge is 2.26. The Hall–Kier alpha value is -1.58. The van der Waals surface area contributed by atoms with Crippen molar-refractivity contribution in [1.82, 2.24) is 25.3 Å². The van der Waals surface area contributed by atoms with Gasteiger partial charge in [-0.2, -0.15) is 0 Å². The smallest absolute Gasteiger partial charge is 0.410 e. The minimum absolute atomic E-state index is 0.213. The monoisotopic (exact) mass is 440 g/mol. The molecule has 1 amide bonds. The number of nitrogens with zero attached hydrogens (tertiary/aromatic N) is 4. The molecule has 31 heavy (non-hydrogen) atoms. The van der Waals surface area contributed by atoms with E-state index in [-0.39, 0.29) is 6.09 Å². The summed E-state index contributed by atoms with van der Waals surface area (Å²) in [5, 5.41) is 6.93. The van der Waals surface area contributed by atoms with Crippen LogP contribution in [-0.4, -0.2) is 118 Å². The van der Waals surface area contributed by atoms with Crippen molar-refractivity contribution in [2.75, 3.05) is 79.2 Å². The number of morpholine rings is 1. The van der Waals surface area contributed by atoms with E-state index in [1.807, 2.05) is 27.8 Å². The van der Waals surface area contributed by atoms with Gasteiger partial charge < -0.3 is 25.0 Å². The second-order valence-corrected chi connectivity index (χ2v) is 9.65. The van der Waals surface area contributed by atoms with Crippen molar-refractivity contribution >= 4 is 12.1 Å². The molecule has 2 saturated heterocycles. The van der Waals surface area contributed by atoms with Gasteiger partial charge in [-0.3, -0.25) is 14.8 Å². The molecule has 0 aromatic rings. The Labute approximate surface area is 188 Å². The molecule has 180 valence electrons. The molecular formula is C22H44N6O3. The number of rotatable bonds is 7. The van der Waals surface area contributed by atoms with Crippen LogP contribution in [-0.2, 0) is 9.47 Å². The number of piperazine rings is 1. The predicted octanol–water partition coefficient (Wildman–Crippen LogP) is 1.06. The van der Waals surface area contributed by atoms with Crippen molar-refractivity contribution in [2.24, 2.45) is 10.9 Å². The molecule has 1 atom stereocenters. The maximum atomic E-state index is 12.2. The second-order valence-electron chi connectivity index (χ2n) is 9.65. The van der Waals surface area contributed by atoms with E-state index in [0.29, 0.717) is 25.0 Å². The van der Waals surface area contributed by atoms with E-state index < -0.39 is 5.60 Å². The molecule has 0 bridgehead atoms. The highest BCUT2D eigenvalue weighted by Crippen LogP contribution is 2.13. The molecule has 0 radical (unpaired) electrons. The average Bonchev–Trinajstić information content (AvgIpc) is 2.72. The molecule has 9 heteroatoms. The summed E-state index contributed by atoms with van der Waals surface area (Å²) in [5.74, 6) is 1.40. The van der Waals surface area contributed by atoms with Crippen molar-refractivity contribution in [1.29, 1.82) is 0 Å². The fourth-order valence-electron chi connectivity index (χ4n) is 3.93. The van der Waals surface area contributed by atoms with E-state index >= 15 is 0 Å². The lowest BCUT2D eigenvalue weighted by atomic mass is 10.0. The zero-order valence-corrected chi connectivity index (χ0v) is 20.4. The lowest BCUT2D eigenvalue weighted by molar-refractivity contribution is 0.00752. The van der Waals surface area contributed by atoms with Crippen LogP contribution < -0.4 is 10.6 Å². The van der Waals surface area contributed by atoms with Gasteiger partial charge in [0.05, 0.1) is 13.2 Å².